The van der Waals surface area contributed by atoms with Crippen molar-refractivity contribution in [3.63, 3.8) is 0 Å². The molecule has 5 nitrogen and oxygen atoms in total. The van der Waals surface area contributed by atoms with Gasteiger partial charge in [-0.15, -0.1) is 11.3 Å². The van der Waals surface area contributed by atoms with Crippen LogP contribution < -0.4 is 10.6 Å². The Morgan fingerprint density at radius 3 is 2.64 bits per heavy atom. The van der Waals surface area contributed by atoms with Gasteiger partial charge < -0.3 is 10.5 Å². The number of hydrogen-bond acceptors (Lipinski definition) is 5. The quantitative estimate of drug-likeness (QED) is 0.453. The van der Waals surface area contributed by atoms with Gasteiger partial charge in [0.2, 0.25) is 0 Å². The number of benzene rings is 1. The lowest BCUT2D eigenvalue weighted by Gasteiger charge is -2.19. The van der Waals surface area contributed by atoms with Crippen molar-refractivity contribution in [1.29, 1.82) is 0 Å². The van der Waals surface area contributed by atoms with Crippen molar-refractivity contribution in [3.8, 4) is 0 Å². The molecule has 7 heteroatoms. The van der Waals surface area contributed by atoms with Crippen LogP contribution in [0.2, 0.25) is 0 Å². The molecule has 146 valence electrons. The van der Waals surface area contributed by atoms with Gasteiger partial charge in [-0.05, 0) is 62.0 Å². The fourth-order valence-corrected chi connectivity index (χ4v) is 4.87. The van der Waals surface area contributed by atoms with Gasteiger partial charge in [0.1, 0.15) is 5.00 Å². The summed E-state index contributed by atoms with van der Waals surface area (Å²) < 4.78 is 5.26. The first-order valence-corrected chi connectivity index (χ1v) is 10.4. The van der Waals surface area contributed by atoms with Crippen LogP contribution in [0.1, 0.15) is 46.1 Å². The lowest BCUT2D eigenvalue weighted by Crippen LogP contribution is -2.40. The highest BCUT2D eigenvalue weighted by Crippen LogP contribution is 2.41. The molecule has 0 unspecified atom stereocenters. The van der Waals surface area contributed by atoms with Crippen LogP contribution >= 0.6 is 23.6 Å². The molecule has 0 atom stereocenters. The van der Waals surface area contributed by atoms with Crippen LogP contribution in [0.3, 0.4) is 0 Å². The molecule has 1 aliphatic carbocycles. The zero-order valence-corrected chi connectivity index (χ0v) is 17.3. The number of carbonyl (C=O) groups is 2. The van der Waals surface area contributed by atoms with Gasteiger partial charge in [-0.3, -0.25) is 4.79 Å². The largest absolute Gasteiger partial charge is 0.462 e. The Morgan fingerprint density at radius 2 is 1.96 bits per heavy atom. The van der Waals surface area contributed by atoms with Crippen LogP contribution in [0.5, 0.6) is 0 Å². The molecule has 0 bridgehead atoms. The number of amides is 1. The summed E-state index contributed by atoms with van der Waals surface area (Å²) in [5.74, 6) is -0.821. The Labute approximate surface area is 173 Å². The molecule has 0 fully saturated rings. The molecule has 0 aliphatic heterocycles. The monoisotopic (exact) mass is 414 g/mol. The van der Waals surface area contributed by atoms with Crippen LogP contribution in [-0.2, 0) is 22.4 Å². The highest BCUT2D eigenvalue weighted by atomic mass is 32.1. The Bertz CT molecular complexity index is 919. The predicted octanol–water partition coefficient (Wildman–Crippen LogP) is 4.09. The second kappa shape index (κ2) is 9.12. The number of fused-ring (bicyclic) bond motifs is 1. The Morgan fingerprint density at radius 1 is 1.25 bits per heavy atom. The number of carbonyl (C=O) groups excluding carboxylic acids is 2. The van der Waals surface area contributed by atoms with E-state index in [1.807, 2.05) is 30.3 Å². The number of ether oxygens (including phenoxy) is 1. The SMILES string of the molecule is CCOC(=O)c1c(N(C(=O)C=Cc2ccccc2)C(N)=S)sc2c1CCCC2. The summed E-state index contributed by atoms with van der Waals surface area (Å²) >= 11 is 6.57. The molecule has 1 aromatic heterocycles. The molecule has 28 heavy (non-hydrogen) atoms. The smallest absolute Gasteiger partial charge is 0.341 e. The number of thiocarbonyl (C=S) groups is 1. The summed E-state index contributed by atoms with van der Waals surface area (Å²) in [4.78, 5) is 27.9. The summed E-state index contributed by atoms with van der Waals surface area (Å²) in [6.07, 6.45) is 6.85. The summed E-state index contributed by atoms with van der Waals surface area (Å²) in [5.41, 5.74) is 8.17. The number of hydrogen-bond donors (Lipinski definition) is 1. The summed E-state index contributed by atoms with van der Waals surface area (Å²) in [5, 5.41) is 0.368. The Hall–Kier alpha value is -2.51. The highest BCUT2D eigenvalue weighted by molar-refractivity contribution is 7.80. The first-order valence-electron chi connectivity index (χ1n) is 9.21. The molecule has 0 spiro atoms. The molecule has 3 rings (SSSR count). The third-order valence-corrected chi connectivity index (χ3v) is 5.95. The van der Waals surface area contributed by atoms with Crippen LogP contribution in [0.4, 0.5) is 5.00 Å². The average molecular weight is 415 g/mol. The molecule has 1 heterocycles. The second-order valence-corrected chi connectivity index (χ2v) is 7.87. The molecule has 1 amide bonds. The van der Waals surface area contributed by atoms with Gasteiger partial charge >= 0.3 is 5.97 Å². The van der Waals surface area contributed by atoms with Crippen molar-refractivity contribution in [2.45, 2.75) is 32.6 Å². The average Bonchev–Trinajstić information content (AvgIpc) is 3.06. The van der Waals surface area contributed by atoms with Gasteiger partial charge in [0, 0.05) is 11.0 Å². The summed E-state index contributed by atoms with van der Waals surface area (Å²) in [6, 6.07) is 9.47. The fourth-order valence-electron chi connectivity index (χ4n) is 3.24. The van der Waals surface area contributed by atoms with E-state index in [2.05, 4.69) is 0 Å². The van der Waals surface area contributed by atoms with Crippen molar-refractivity contribution < 1.29 is 14.3 Å². The van der Waals surface area contributed by atoms with Gasteiger partial charge in [-0.1, -0.05) is 30.3 Å². The fraction of sp³-hybridized carbons (Fsp3) is 0.286. The number of thiophene rings is 1. The van der Waals surface area contributed by atoms with Gasteiger partial charge in [-0.2, -0.15) is 0 Å². The van der Waals surface area contributed by atoms with E-state index in [4.69, 9.17) is 22.7 Å². The van der Waals surface area contributed by atoms with E-state index in [-0.39, 0.29) is 17.6 Å². The van der Waals surface area contributed by atoms with E-state index < -0.39 is 5.97 Å². The zero-order valence-electron chi connectivity index (χ0n) is 15.6. The number of esters is 1. The molecule has 1 aliphatic rings. The zero-order chi connectivity index (χ0) is 20.1. The second-order valence-electron chi connectivity index (χ2n) is 6.37. The van der Waals surface area contributed by atoms with Gasteiger partial charge in [0.15, 0.2) is 5.11 Å². The topological polar surface area (TPSA) is 72.6 Å². The maximum atomic E-state index is 12.9. The number of nitrogens with two attached hydrogens (primary N) is 1. The van der Waals surface area contributed by atoms with Crippen molar-refractivity contribution in [3.05, 3.63) is 58.0 Å². The highest BCUT2D eigenvalue weighted by Gasteiger charge is 2.32. The minimum absolute atomic E-state index is 0.0909. The first kappa shape index (κ1) is 20.2. The lowest BCUT2D eigenvalue weighted by molar-refractivity contribution is -0.113. The Balaban J connectivity index is 2.01. The molecule has 0 saturated heterocycles. The first-order chi connectivity index (χ1) is 13.5. The van der Waals surface area contributed by atoms with E-state index >= 15 is 0 Å². The standard InChI is InChI=1S/C21H22N2O3S2/c1-2-26-20(25)18-15-10-6-7-11-16(15)28-19(18)23(21(22)27)17(24)13-12-14-8-4-3-5-9-14/h3-5,8-9,12-13H,2,6-7,10-11H2,1H3,(H2,22,27). The van der Waals surface area contributed by atoms with Crippen LogP contribution in [0.15, 0.2) is 36.4 Å². The normalized spacial score (nSPS) is 13.2. The van der Waals surface area contributed by atoms with Crippen molar-refractivity contribution in [2.75, 3.05) is 11.5 Å². The van der Waals surface area contributed by atoms with Gasteiger partial charge in [0.05, 0.1) is 12.2 Å². The van der Waals surface area contributed by atoms with Crippen LogP contribution in [0.25, 0.3) is 6.08 Å². The third-order valence-electron chi connectivity index (χ3n) is 4.49. The predicted molar refractivity (Wildman–Crippen MR) is 117 cm³/mol. The minimum atomic E-state index is -0.432. The molecule has 1 aromatic carbocycles. The number of nitrogens with zero attached hydrogens (tertiary/aromatic N) is 1. The van der Waals surface area contributed by atoms with Gasteiger partial charge in [0.25, 0.3) is 5.91 Å². The van der Waals surface area contributed by atoms with Crippen molar-refractivity contribution in [1.82, 2.24) is 0 Å². The van der Waals surface area contributed by atoms with Gasteiger partial charge in [-0.25, -0.2) is 9.69 Å². The maximum absolute atomic E-state index is 12.9. The molecular formula is C21H22N2O3S2. The van der Waals surface area contributed by atoms with Crippen molar-refractivity contribution >= 4 is 51.6 Å². The Kier molecular flexibility index (Phi) is 6.59. The summed E-state index contributed by atoms with van der Waals surface area (Å²) in [6.45, 7) is 2.02. The van der Waals surface area contributed by atoms with E-state index in [1.165, 1.54) is 22.3 Å². The number of aryl methyl sites for hydroxylation is 1. The molecular weight excluding hydrogens is 392 g/mol. The molecule has 0 saturated carbocycles. The van der Waals surface area contributed by atoms with Crippen LogP contribution in [-0.4, -0.2) is 23.6 Å². The molecule has 2 N–H and O–H groups in total. The van der Waals surface area contributed by atoms with Crippen molar-refractivity contribution in [2.24, 2.45) is 5.73 Å². The van der Waals surface area contributed by atoms with E-state index in [0.29, 0.717) is 10.6 Å². The lowest BCUT2D eigenvalue weighted by atomic mass is 9.95. The number of anilines is 1. The number of rotatable bonds is 5. The maximum Gasteiger partial charge on any atom is 0.341 e. The summed E-state index contributed by atoms with van der Waals surface area (Å²) in [7, 11) is 0. The van der Waals surface area contributed by atoms with Crippen LogP contribution in [0, 0.1) is 0 Å². The van der Waals surface area contributed by atoms with E-state index in [0.717, 1.165) is 41.7 Å². The third kappa shape index (κ3) is 4.31. The minimum Gasteiger partial charge on any atom is -0.462 e. The molecule has 2 aromatic rings. The molecule has 0 radical (unpaired) electrons. The van der Waals surface area contributed by atoms with E-state index in [9.17, 15) is 9.59 Å². The van der Waals surface area contributed by atoms with E-state index in [1.54, 1.807) is 13.0 Å².